The van der Waals surface area contributed by atoms with Crippen molar-refractivity contribution in [1.82, 2.24) is 9.97 Å². The van der Waals surface area contributed by atoms with Crippen LogP contribution in [0.1, 0.15) is 27.2 Å². The second-order valence-corrected chi connectivity index (χ2v) is 3.84. The molecule has 0 aliphatic heterocycles. The first kappa shape index (κ1) is 9.96. The van der Waals surface area contributed by atoms with Gasteiger partial charge in [0, 0.05) is 12.4 Å². The topological polar surface area (TPSA) is 35.0 Å². The lowest BCUT2D eigenvalue weighted by Gasteiger charge is -2.21. The first-order valence-electron chi connectivity index (χ1n) is 4.54. The van der Waals surface area contributed by atoms with Gasteiger partial charge in [0.15, 0.2) is 0 Å². The molecule has 0 saturated heterocycles. The van der Waals surface area contributed by atoms with Crippen molar-refractivity contribution in [2.24, 2.45) is 5.41 Å². The van der Waals surface area contributed by atoms with Gasteiger partial charge in [-0.3, -0.25) is 0 Å². The fraction of sp³-hybridized carbons (Fsp3) is 0.600. The molecular weight excluding hydrogens is 164 g/mol. The standard InChI is InChI=1S/C10H16N2O/c1-4-10(2,3)8-13-9-11-6-5-7-12-9/h5-7H,4,8H2,1-3H3. The third-order valence-corrected chi connectivity index (χ3v) is 2.09. The van der Waals surface area contributed by atoms with Gasteiger partial charge in [0.1, 0.15) is 0 Å². The van der Waals surface area contributed by atoms with Crippen LogP contribution in [0, 0.1) is 5.41 Å². The van der Waals surface area contributed by atoms with Gasteiger partial charge in [0.2, 0.25) is 0 Å². The van der Waals surface area contributed by atoms with Gasteiger partial charge in [-0.05, 0) is 17.9 Å². The van der Waals surface area contributed by atoms with E-state index in [0.717, 1.165) is 6.42 Å². The third kappa shape index (κ3) is 3.40. The molecule has 0 bridgehead atoms. The Morgan fingerprint density at radius 2 is 1.92 bits per heavy atom. The lowest BCUT2D eigenvalue weighted by Crippen LogP contribution is -2.20. The van der Waals surface area contributed by atoms with Crippen molar-refractivity contribution in [2.45, 2.75) is 27.2 Å². The summed E-state index contributed by atoms with van der Waals surface area (Å²) in [4.78, 5) is 7.97. The number of nitrogens with zero attached hydrogens (tertiary/aromatic N) is 2. The van der Waals surface area contributed by atoms with Crippen molar-refractivity contribution in [1.29, 1.82) is 0 Å². The van der Waals surface area contributed by atoms with Crippen molar-refractivity contribution < 1.29 is 4.74 Å². The number of rotatable bonds is 4. The number of aromatic nitrogens is 2. The summed E-state index contributed by atoms with van der Waals surface area (Å²) >= 11 is 0. The summed E-state index contributed by atoms with van der Waals surface area (Å²) in [6.07, 6.45) is 4.45. The minimum Gasteiger partial charge on any atom is -0.463 e. The summed E-state index contributed by atoms with van der Waals surface area (Å²) < 4.78 is 5.44. The molecule has 0 amide bonds. The molecule has 0 aliphatic rings. The van der Waals surface area contributed by atoms with Crippen molar-refractivity contribution in [3.05, 3.63) is 18.5 Å². The van der Waals surface area contributed by atoms with Crippen molar-refractivity contribution in [3.63, 3.8) is 0 Å². The van der Waals surface area contributed by atoms with Crippen LogP contribution in [0.5, 0.6) is 6.01 Å². The largest absolute Gasteiger partial charge is 0.463 e. The van der Waals surface area contributed by atoms with Gasteiger partial charge in [-0.15, -0.1) is 0 Å². The van der Waals surface area contributed by atoms with Crippen LogP contribution in [0.4, 0.5) is 0 Å². The molecule has 1 heterocycles. The quantitative estimate of drug-likeness (QED) is 0.713. The molecule has 0 unspecified atom stereocenters. The van der Waals surface area contributed by atoms with E-state index >= 15 is 0 Å². The zero-order valence-electron chi connectivity index (χ0n) is 8.45. The molecule has 0 atom stereocenters. The summed E-state index contributed by atoms with van der Waals surface area (Å²) in [5.74, 6) is 0. The Hall–Kier alpha value is -1.12. The normalized spacial score (nSPS) is 11.3. The number of hydrogen-bond acceptors (Lipinski definition) is 3. The van der Waals surface area contributed by atoms with E-state index in [4.69, 9.17) is 4.74 Å². The molecule has 1 rings (SSSR count). The zero-order chi connectivity index (χ0) is 9.73. The minimum absolute atomic E-state index is 0.194. The molecule has 0 spiro atoms. The third-order valence-electron chi connectivity index (χ3n) is 2.09. The molecule has 0 fully saturated rings. The molecule has 0 aliphatic carbocycles. The summed E-state index contributed by atoms with van der Waals surface area (Å²) in [6, 6.07) is 2.24. The molecule has 3 nitrogen and oxygen atoms in total. The summed E-state index contributed by atoms with van der Waals surface area (Å²) in [7, 11) is 0. The smallest absolute Gasteiger partial charge is 0.316 e. The fourth-order valence-corrected chi connectivity index (χ4v) is 0.722. The molecular formula is C10H16N2O. The predicted octanol–water partition coefficient (Wildman–Crippen LogP) is 2.29. The molecule has 0 N–H and O–H groups in total. The first-order chi connectivity index (χ1) is 6.14. The predicted molar refractivity (Wildman–Crippen MR) is 51.6 cm³/mol. The van der Waals surface area contributed by atoms with Crippen LogP contribution < -0.4 is 4.74 Å². The SMILES string of the molecule is CCC(C)(C)COc1ncccn1. The Balaban J connectivity index is 2.44. The van der Waals surface area contributed by atoms with Crippen molar-refractivity contribution in [2.75, 3.05) is 6.61 Å². The highest BCUT2D eigenvalue weighted by molar-refractivity contribution is 4.93. The lowest BCUT2D eigenvalue weighted by atomic mass is 9.92. The van der Waals surface area contributed by atoms with Gasteiger partial charge in [-0.2, -0.15) is 0 Å². The Morgan fingerprint density at radius 1 is 1.31 bits per heavy atom. The average Bonchev–Trinajstić information content (AvgIpc) is 2.17. The van der Waals surface area contributed by atoms with E-state index in [2.05, 4.69) is 30.7 Å². The van der Waals surface area contributed by atoms with Gasteiger partial charge in [0.05, 0.1) is 6.61 Å². The van der Waals surface area contributed by atoms with Crippen LogP contribution in [-0.2, 0) is 0 Å². The molecule has 0 aromatic carbocycles. The maximum absolute atomic E-state index is 5.44. The van der Waals surface area contributed by atoms with E-state index < -0.39 is 0 Å². The Bertz CT molecular complexity index is 246. The Labute approximate surface area is 79.2 Å². The van der Waals surface area contributed by atoms with Gasteiger partial charge in [0.25, 0.3) is 0 Å². The van der Waals surface area contributed by atoms with Crippen LogP contribution >= 0.6 is 0 Å². The monoisotopic (exact) mass is 180 g/mol. The van der Waals surface area contributed by atoms with Crippen LogP contribution in [0.2, 0.25) is 0 Å². The second-order valence-electron chi connectivity index (χ2n) is 3.84. The van der Waals surface area contributed by atoms with Crippen LogP contribution in [0.15, 0.2) is 18.5 Å². The molecule has 72 valence electrons. The molecule has 0 radical (unpaired) electrons. The minimum atomic E-state index is 0.194. The summed E-state index contributed by atoms with van der Waals surface area (Å²) in [6.45, 7) is 7.13. The maximum atomic E-state index is 5.44. The van der Waals surface area contributed by atoms with Crippen LogP contribution in [0.25, 0.3) is 0 Å². The number of hydrogen-bond donors (Lipinski definition) is 0. The van der Waals surface area contributed by atoms with E-state index in [1.54, 1.807) is 18.5 Å². The molecule has 1 aromatic rings. The van der Waals surface area contributed by atoms with Gasteiger partial charge in [-0.25, -0.2) is 9.97 Å². The summed E-state index contributed by atoms with van der Waals surface area (Å²) in [5.41, 5.74) is 0.194. The molecule has 1 aromatic heterocycles. The first-order valence-corrected chi connectivity index (χ1v) is 4.54. The average molecular weight is 180 g/mol. The highest BCUT2D eigenvalue weighted by Gasteiger charge is 2.16. The highest BCUT2D eigenvalue weighted by atomic mass is 16.5. The molecule has 3 heteroatoms. The maximum Gasteiger partial charge on any atom is 0.316 e. The molecule has 0 saturated carbocycles. The molecule has 13 heavy (non-hydrogen) atoms. The van der Waals surface area contributed by atoms with Gasteiger partial charge >= 0.3 is 6.01 Å². The highest BCUT2D eigenvalue weighted by Crippen LogP contribution is 2.19. The van der Waals surface area contributed by atoms with Crippen molar-refractivity contribution >= 4 is 0 Å². The van der Waals surface area contributed by atoms with E-state index in [1.165, 1.54) is 0 Å². The van der Waals surface area contributed by atoms with Gasteiger partial charge in [-0.1, -0.05) is 20.8 Å². The van der Waals surface area contributed by atoms with Crippen molar-refractivity contribution in [3.8, 4) is 6.01 Å². The Morgan fingerprint density at radius 3 is 2.46 bits per heavy atom. The zero-order valence-corrected chi connectivity index (χ0v) is 8.45. The van der Waals surface area contributed by atoms with E-state index in [-0.39, 0.29) is 5.41 Å². The lowest BCUT2D eigenvalue weighted by molar-refractivity contribution is 0.164. The van der Waals surface area contributed by atoms with E-state index in [9.17, 15) is 0 Å². The van der Waals surface area contributed by atoms with E-state index in [0.29, 0.717) is 12.6 Å². The number of ether oxygens (including phenoxy) is 1. The van der Waals surface area contributed by atoms with Gasteiger partial charge < -0.3 is 4.74 Å². The second kappa shape index (κ2) is 4.21. The fourth-order valence-electron chi connectivity index (χ4n) is 0.722. The van der Waals surface area contributed by atoms with E-state index in [1.807, 2.05) is 0 Å². The Kier molecular flexibility index (Phi) is 3.23. The van der Waals surface area contributed by atoms with Crippen LogP contribution in [-0.4, -0.2) is 16.6 Å². The van der Waals surface area contributed by atoms with Crippen LogP contribution in [0.3, 0.4) is 0 Å². The summed E-state index contributed by atoms with van der Waals surface area (Å²) in [5, 5.41) is 0.